The number of morpholine rings is 1. The lowest BCUT2D eigenvalue weighted by molar-refractivity contribution is -0.0455. The predicted octanol–water partition coefficient (Wildman–Crippen LogP) is 2.77. The summed E-state index contributed by atoms with van der Waals surface area (Å²) in [4.78, 5) is 11.8. The summed E-state index contributed by atoms with van der Waals surface area (Å²) >= 11 is 0. The molecule has 2 atom stereocenters. The fourth-order valence-corrected chi connectivity index (χ4v) is 6.37. The summed E-state index contributed by atoms with van der Waals surface area (Å²) in [7, 11) is -3.52. The van der Waals surface area contributed by atoms with Gasteiger partial charge in [0.25, 0.3) is 10.2 Å². The summed E-state index contributed by atoms with van der Waals surface area (Å²) in [6.07, 6.45) is -0.209. The maximum absolute atomic E-state index is 13.2. The minimum absolute atomic E-state index is 0.104. The van der Waals surface area contributed by atoms with Gasteiger partial charge in [-0.3, -0.25) is 0 Å². The molecule has 0 bridgehead atoms. The average molecular weight is 468 g/mol. The molecule has 0 amide bonds. The van der Waals surface area contributed by atoms with Crippen LogP contribution in [0.5, 0.6) is 0 Å². The number of ether oxygens (including phenoxy) is 1. The van der Waals surface area contributed by atoms with Gasteiger partial charge < -0.3 is 9.64 Å². The molecular weight excluding hydrogens is 438 g/mol. The third-order valence-corrected chi connectivity index (χ3v) is 8.17. The Bertz CT molecular complexity index is 1220. The molecule has 33 heavy (non-hydrogen) atoms. The Morgan fingerprint density at radius 1 is 0.818 bits per heavy atom. The zero-order valence-electron chi connectivity index (χ0n) is 19.0. The topological polar surface area (TPSA) is 78.9 Å². The number of nitrogens with zero attached hydrogens (tertiary/aromatic N) is 5. The molecule has 2 aliphatic heterocycles. The Morgan fingerprint density at radius 2 is 1.45 bits per heavy atom. The van der Waals surface area contributed by atoms with Gasteiger partial charge in [-0.1, -0.05) is 48.5 Å². The van der Waals surface area contributed by atoms with Crippen molar-refractivity contribution in [3.05, 3.63) is 54.6 Å². The molecular formula is C24H29N5O3S. The second-order valence-corrected chi connectivity index (χ2v) is 10.7. The van der Waals surface area contributed by atoms with Crippen molar-refractivity contribution in [1.29, 1.82) is 0 Å². The Hall–Kier alpha value is -2.59. The van der Waals surface area contributed by atoms with Crippen LogP contribution in [-0.4, -0.2) is 78.5 Å². The van der Waals surface area contributed by atoms with Crippen LogP contribution in [-0.2, 0) is 14.9 Å². The summed E-state index contributed by atoms with van der Waals surface area (Å²) in [6.45, 7) is 6.50. The van der Waals surface area contributed by atoms with Crippen molar-refractivity contribution in [2.24, 2.45) is 0 Å². The predicted molar refractivity (Wildman–Crippen MR) is 129 cm³/mol. The van der Waals surface area contributed by atoms with Gasteiger partial charge in [0, 0.05) is 50.2 Å². The fraction of sp³-hybridized carbons (Fsp3) is 0.417. The van der Waals surface area contributed by atoms with E-state index in [1.54, 1.807) is 8.61 Å². The number of rotatable bonds is 4. The van der Waals surface area contributed by atoms with Crippen molar-refractivity contribution in [2.45, 2.75) is 26.1 Å². The highest BCUT2D eigenvalue weighted by atomic mass is 32.2. The van der Waals surface area contributed by atoms with Crippen LogP contribution in [0.3, 0.4) is 0 Å². The molecule has 0 radical (unpaired) electrons. The summed E-state index contributed by atoms with van der Waals surface area (Å²) in [5.41, 5.74) is 2.81. The summed E-state index contributed by atoms with van der Waals surface area (Å²) in [6, 6.07) is 18.1. The van der Waals surface area contributed by atoms with Gasteiger partial charge in [0.15, 0.2) is 0 Å². The van der Waals surface area contributed by atoms with E-state index in [4.69, 9.17) is 14.7 Å². The van der Waals surface area contributed by atoms with Gasteiger partial charge in [-0.15, -0.1) is 0 Å². The lowest BCUT2D eigenvalue weighted by Gasteiger charge is -2.40. The van der Waals surface area contributed by atoms with Crippen LogP contribution in [0.1, 0.15) is 13.8 Å². The van der Waals surface area contributed by atoms with Crippen LogP contribution in [0.2, 0.25) is 0 Å². The zero-order valence-corrected chi connectivity index (χ0v) is 19.8. The number of piperazine rings is 1. The van der Waals surface area contributed by atoms with Crippen LogP contribution in [0.4, 0.5) is 5.95 Å². The van der Waals surface area contributed by atoms with Crippen molar-refractivity contribution in [2.75, 3.05) is 44.2 Å². The zero-order chi connectivity index (χ0) is 23.0. The highest BCUT2D eigenvalue weighted by molar-refractivity contribution is 7.86. The Labute approximate surface area is 195 Å². The number of benzene rings is 2. The number of anilines is 1. The highest BCUT2D eigenvalue weighted by Crippen LogP contribution is 2.29. The van der Waals surface area contributed by atoms with Gasteiger partial charge >= 0.3 is 0 Å². The van der Waals surface area contributed by atoms with E-state index in [0.29, 0.717) is 45.2 Å². The van der Waals surface area contributed by atoms with Crippen molar-refractivity contribution in [3.63, 3.8) is 0 Å². The Balaban J connectivity index is 1.38. The van der Waals surface area contributed by atoms with E-state index in [-0.39, 0.29) is 12.2 Å². The van der Waals surface area contributed by atoms with Crippen LogP contribution < -0.4 is 4.90 Å². The molecule has 9 heteroatoms. The van der Waals surface area contributed by atoms with Gasteiger partial charge in [-0.05, 0) is 19.9 Å². The smallest absolute Gasteiger partial charge is 0.282 e. The second-order valence-electron chi connectivity index (χ2n) is 8.72. The largest absolute Gasteiger partial charge is 0.373 e. The quantitative estimate of drug-likeness (QED) is 0.587. The lowest BCUT2D eigenvalue weighted by Crippen LogP contribution is -2.57. The molecule has 0 spiro atoms. The molecule has 0 saturated carbocycles. The van der Waals surface area contributed by atoms with Crippen molar-refractivity contribution in [1.82, 2.24) is 18.6 Å². The molecule has 2 saturated heterocycles. The molecule has 8 nitrogen and oxygen atoms in total. The standard InChI is InChI=1S/C24H29N5O3S/c1-18-16-29(17-19(2)32-18)33(30,31)28-14-12-27(13-15-28)24-25-22-11-7-6-10-21(22)23(26-24)20-8-4-3-5-9-20/h3-11,18-19H,12-17H2,1-2H3. The third-order valence-electron chi connectivity index (χ3n) is 6.20. The minimum atomic E-state index is -3.52. The van der Waals surface area contributed by atoms with E-state index < -0.39 is 10.2 Å². The van der Waals surface area contributed by atoms with Crippen molar-refractivity contribution >= 4 is 27.1 Å². The molecule has 2 aromatic carbocycles. The van der Waals surface area contributed by atoms with Gasteiger partial charge in [0.1, 0.15) is 0 Å². The van der Waals surface area contributed by atoms with E-state index >= 15 is 0 Å². The number of aromatic nitrogens is 2. The van der Waals surface area contributed by atoms with Crippen LogP contribution in [0.15, 0.2) is 54.6 Å². The van der Waals surface area contributed by atoms with Crippen LogP contribution >= 0.6 is 0 Å². The normalized spacial score (nSPS) is 23.2. The van der Waals surface area contributed by atoms with Crippen molar-refractivity contribution in [3.8, 4) is 11.3 Å². The minimum Gasteiger partial charge on any atom is -0.373 e. The fourth-order valence-electron chi connectivity index (χ4n) is 4.62. The van der Waals surface area contributed by atoms with Crippen LogP contribution in [0, 0.1) is 0 Å². The molecule has 0 N–H and O–H groups in total. The maximum atomic E-state index is 13.2. The molecule has 2 fully saturated rings. The van der Waals surface area contributed by atoms with Gasteiger partial charge in [0.05, 0.1) is 23.4 Å². The van der Waals surface area contributed by atoms with E-state index in [1.165, 1.54) is 0 Å². The first-order valence-electron chi connectivity index (χ1n) is 11.4. The summed E-state index contributed by atoms with van der Waals surface area (Å²) in [5.74, 6) is 0.637. The first-order chi connectivity index (χ1) is 15.9. The molecule has 3 heterocycles. The third kappa shape index (κ3) is 4.46. The Morgan fingerprint density at radius 3 is 2.15 bits per heavy atom. The lowest BCUT2D eigenvalue weighted by atomic mass is 10.1. The van der Waals surface area contributed by atoms with Crippen LogP contribution in [0.25, 0.3) is 22.2 Å². The van der Waals surface area contributed by atoms with E-state index in [1.807, 2.05) is 68.4 Å². The number of fused-ring (bicyclic) bond motifs is 1. The first-order valence-corrected chi connectivity index (χ1v) is 12.8. The van der Waals surface area contributed by atoms with E-state index in [9.17, 15) is 8.42 Å². The average Bonchev–Trinajstić information content (AvgIpc) is 2.83. The van der Waals surface area contributed by atoms with Gasteiger partial charge in [0.2, 0.25) is 5.95 Å². The van der Waals surface area contributed by atoms with Crippen molar-refractivity contribution < 1.29 is 13.2 Å². The highest BCUT2D eigenvalue weighted by Gasteiger charge is 2.37. The molecule has 0 aliphatic carbocycles. The molecule has 5 rings (SSSR count). The number of hydrogen-bond donors (Lipinski definition) is 0. The molecule has 174 valence electrons. The van der Waals surface area contributed by atoms with E-state index in [2.05, 4.69) is 4.90 Å². The number of para-hydroxylation sites is 1. The second kappa shape index (κ2) is 8.98. The molecule has 3 aromatic rings. The SMILES string of the molecule is CC1CN(S(=O)(=O)N2CCN(c3nc(-c4ccccc4)c4ccccc4n3)CC2)CC(C)O1. The van der Waals surface area contributed by atoms with Gasteiger partial charge in [-0.25, -0.2) is 9.97 Å². The molecule has 1 aromatic heterocycles. The van der Waals surface area contributed by atoms with Gasteiger partial charge in [-0.2, -0.15) is 17.0 Å². The van der Waals surface area contributed by atoms with E-state index in [0.717, 1.165) is 22.2 Å². The maximum Gasteiger partial charge on any atom is 0.282 e. The Kier molecular flexibility index (Phi) is 6.05. The monoisotopic (exact) mass is 467 g/mol. The summed E-state index contributed by atoms with van der Waals surface area (Å²) < 4.78 is 35.3. The first kappa shape index (κ1) is 22.2. The molecule has 2 unspecified atom stereocenters. The molecule has 2 aliphatic rings. The summed E-state index contributed by atoms with van der Waals surface area (Å²) in [5, 5.41) is 1.00. The number of hydrogen-bond acceptors (Lipinski definition) is 6.